The molecule has 1 unspecified atom stereocenters. The van der Waals surface area contributed by atoms with Crippen molar-refractivity contribution in [1.29, 1.82) is 0 Å². The fourth-order valence-corrected chi connectivity index (χ4v) is 2.56. The number of ether oxygens (including phenoxy) is 1. The maximum atomic E-state index is 13.8. The standard InChI is InChI=1S/C15H18FN3O2/c1-10(20)12-6-5-11(8-13(12)16)21-9-15-18-17-14-4-2-3-7-19(14)15/h5-6,8,10,20H,2-4,7,9H2,1H3. The van der Waals surface area contributed by atoms with Crippen molar-refractivity contribution in [2.24, 2.45) is 0 Å². The number of fused-ring (bicyclic) bond motifs is 1. The summed E-state index contributed by atoms with van der Waals surface area (Å²) in [6.07, 6.45) is 2.38. The summed E-state index contributed by atoms with van der Waals surface area (Å²) in [5, 5.41) is 17.7. The van der Waals surface area contributed by atoms with Crippen LogP contribution in [0.3, 0.4) is 0 Å². The van der Waals surface area contributed by atoms with Crippen LogP contribution in [-0.2, 0) is 19.6 Å². The smallest absolute Gasteiger partial charge is 0.171 e. The van der Waals surface area contributed by atoms with E-state index in [9.17, 15) is 9.50 Å². The molecule has 6 heteroatoms. The average Bonchev–Trinajstić information content (AvgIpc) is 2.88. The Morgan fingerprint density at radius 1 is 1.38 bits per heavy atom. The van der Waals surface area contributed by atoms with Crippen LogP contribution in [0.1, 0.15) is 43.1 Å². The van der Waals surface area contributed by atoms with Crippen molar-refractivity contribution in [2.75, 3.05) is 0 Å². The lowest BCUT2D eigenvalue weighted by atomic mass is 10.1. The molecule has 0 bridgehead atoms. The average molecular weight is 291 g/mol. The Kier molecular flexibility index (Phi) is 3.88. The number of hydrogen-bond acceptors (Lipinski definition) is 4. The zero-order valence-electron chi connectivity index (χ0n) is 11.9. The second kappa shape index (κ2) is 5.81. The van der Waals surface area contributed by atoms with E-state index in [1.54, 1.807) is 6.07 Å². The van der Waals surface area contributed by atoms with Gasteiger partial charge in [0.15, 0.2) is 5.82 Å². The molecular formula is C15H18FN3O2. The minimum absolute atomic E-state index is 0.264. The minimum Gasteiger partial charge on any atom is -0.486 e. The van der Waals surface area contributed by atoms with Crippen LogP contribution in [0.25, 0.3) is 0 Å². The van der Waals surface area contributed by atoms with Gasteiger partial charge in [0.25, 0.3) is 0 Å². The van der Waals surface area contributed by atoms with Crippen LogP contribution >= 0.6 is 0 Å². The molecule has 3 rings (SSSR count). The van der Waals surface area contributed by atoms with Crippen LogP contribution in [0.15, 0.2) is 18.2 Å². The number of nitrogens with zero attached hydrogens (tertiary/aromatic N) is 3. The first-order valence-corrected chi connectivity index (χ1v) is 7.16. The van der Waals surface area contributed by atoms with E-state index in [0.717, 1.165) is 37.5 Å². The van der Waals surface area contributed by atoms with Gasteiger partial charge in [0, 0.05) is 24.6 Å². The minimum atomic E-state index is -0.831. The fourth-order valence-electron chi connectivity index (χ4n) is 2.56. The van der Waals surface area contributed by atoms with Crippen molar-refractivity contribution >= 4 is 0 Å². The molecule has 0 saturated heterocycles. The largest absolute Gasteiger partial charge is 0.486 e. The van der Waals surface area contributed by atoms with E-state index in [1.807, 2.05) is 0 Å². The molecule has 1 aromatic carbocycles. The van der Waals surface area contributed by atoms with Crippen molar-refractivity contribution in [3.05, 3.63) is 41.2 Å². The van der Waals surface area contributed by atoms with E-state index in [-0.39, 0.29) is 12.2 Å². The van der Waals surface area contributed by atoms with Crippen molar-refractivity contribution in [3.8, 4) is 5.75 Å². The van der Waals surface area contributed by atoms with Gasteiger partial charge >= 0.3 is 0 Å². The Labute approximate surface area is 122 Å². The lowest BCUT2D eigenvalue weighted by Crippen LogP contribution is -2.14. The highest BCUT2D eigenvalue weighted by atomic mass is 19.1. The third kappa shape index (κ3) is 2.90. The number of aromatic nitrogens is 3. The van der Waals surface area contributed by atoms with Gasteiger partial charge in [0.1, 0.15) is 24.0 Å². The van der Waals surface area contributed by atoms with Crippen molar-refractivity contribution < 1.29 is 14.2 Å². The van der Waals surface area contributed by atoms with Gasteiger partial charge in [-0.3, -0.25) is 0 Å². The third-order valence-electron chi connectivity index (χ3n) is 3.73. The zero-order valence-corrected chi connectivity index (χ0v) is 11.9. The highest BCUT2D eigenvalue weighted by Crippen LogP contribution is 2.22. The maximum absolute atomic E-state index is 13.8. The lowest BCUT2D eigenvalue weighted by molar-refractivity contribution is 0.193. The first-order chi connectivity index (χ1) is 10.1. The molecule has 0 spiro atoms. The summed E-state index contributed by atoms with van der Waals surface area (Å²) >= 11 is 0. The predicted molar refractivity (Wildman–Crippen MR) is 74.3 cm³/mol. The molecule has 0 amide bonds. The number of halogens is 1. The Bertz CT molecular complexity index is 640. The van der Waals surface area contributed by atoms with Gasteiger partial charge in [0.2, 0.25) is 0 Å². The summed E-state index contributed by atoms with van der Waals surface area (Å²) in [5.41, 5.74) is 0.266. The van der Waals surface area contributed by atoms with Crippen LogP contribution < -0.4 is 4.74 Å². The van der Waals surface area contributed by atoms with Gasteiger partial charge in [-0.25, -0.2) is 4.39 Å². The van der Waals surface area contributed by atoms with Gasteiger partial charge in [-0.1, -0.05) is 0 Å². The Balaban J connectivity index is 1.70. The zero-order chi connectivity index (χ0) is 14.8. The van der Waals surface area contributed by atoms with Gasteiger partial charge in [-0.05, 0) is 31.9 Å². The molecule has 1 aliphatic rings. The number of aryl methyl sites for hydroxylation is 1. The molecule has 21 heavy (non-hydrogen) atoms. The van der Waals surface area contributed by atoms with E-state index < -0.39 is 11.9 Å². The first kappa shape index (κ1) is 14.0. The summed E-state index contributed by atoms with van der Waals surface area (Å²) in [7, 11) is 0. The lowest BCUT2D eigenvalue weighted by Gasteiger charge is -2.15. The molecule has 1 atom stereocenters. The second-order valence-corrected chi connectivity index (χ2v) is 5.29. The van der Waals surface area contributed by atoms with Crippen LogP contribution in [0.2, 0.25) is 0 Å². The van der Waals surface area contributed by atoms with Crippen LogP contribution in [-0.4, -0.2) is 19.9 Å². The van der Waals surface area contributed by atoms with Gasteiger partial charge in [0.05, 0.1) is 6.10 Å². The molecule has 0 saturated carbocycles. The molecule has 2 aromatic rings. The maximum Gasteiger partial charge on any atom is 0.171 e. The molecule has 1 aromatic heterocycles. The molecular weight excluding hydrogens is 273 g/mol. The highest BCUT2D eigenvalue weighted by molar-refractivity contribution is 5.30. The van der Waals surface area contributed by atoms with Gasteiger partial charge < -0.3 is 14.4 Å². The number of aliphatic hydroxyl groups excluding tert-OH is 1. The van der Waals surface area contributed by atoms with E-state index >= 15 is 0 Å². The van der Waals surface area contributed by atoms with Crippen molar-refractivity contribution in [2.45, 2.75) is 45.4 Å². The predicted octanol–water partition coefficient (Wildman–Crippen LogP) is 2.39. The molecule has 1 aliphatic heterocycles. The Hall–Kier alpha value is -1.95. The fraction of sp³-hybridized carbons (Fsp3) is 0.467. The van der Waals surface area contributed by atoms with Crippen molar-refractivity contribution in [1.82, 2.24) is 14.8 Å². The Morgan fingerprint density at radius 2 is 2.24 bits per heavy atom. The number of hydrogen-bond donors (Lipinski definition) is 1. The quantitative estimate of drug-likeness (QED) is 0.939. The summed E-state index contributed by atoms with van der Waals surface area (Å²) in [6.45, 7) is 2.71. The Morgan fingerprint density at radius 3 is 3.00 bits per heavy atom. The van der Waals surface area contributed by atoms with E-state index in [2.05, 4.69) is 14.8 Å². The molecule has 0 aliphatic carbocycles. The van der Waals surface area contributed by atoms with E-state index in [4.69, 9.17) is 4.74 Å². The summed E-state index contributed by atoms with van der Waals surface area (Å²) in [5.74, 6) is 1.72. The van der Waals surface area contributed by atoms with Crippen molar-refractivity contribution in [3.63, 3.8) is 0 Å². The molecule has 2 heterocycles. The van der Waals surface area contributed by atoms with Gasteiger partial charge in [-0.15, -0.1) is 10.2 Å². The van der Waals surface area contributed by atoms with E-state index in [0.29, 0.717) is 5.75 Å². The van der Waals surface area contributed by atoms with Crippen LogP contribution in [0, 0.1) is 5.82 Å². The first-order valence-electron chi connectivity index (χ1n) is 7.16. The summed E-state index contributed by atoms with van der Waals surface area (Å²) in [6, 6.07) is 4.47. The monoisotopic (exact) mass is 291 g/mol. The highest BCUT2D eigenvalue weighted by Gasteiger charge is 2.16. The molecule has 0 fully saturated rings. The van der Waals surface area contributed by atoms with Crippen LogP contribution in [0.5, 0.6) is 5.75 Å². The third-order valence-corrected chi connectivity index (χ3v) is 3.73. The molecule has 0 radical (unpaired) electrons. The topological polar surface area (TPSA) is 60.2 Å². The number of aliphatic hydroxyl groups is 1. The van der Waals surface area contributed by atoms with Gasteiger partial charge in [-0.2, -0.15) is 0 Å². The normalized spacial score (nSPS) is 15.6. The SMILES string of the molecule is CC(O)c1ccc(OCc2nnc3n2CCCC3)cc1F. The number of rotatable bonds is 4. The van der Waals surface area contributed by atoms with Crippen LogP contribution in [0.4, 0.5) is 4.39 Å². The van der Waals surface area contributed by atoms with E-state index in [1.165, 1.54) is 19.1 Å². The summed E-state index contributed by atoms with van der Waals surface area (Å²) < 4.78 is 21.4. The molecule has 112 valence electrons. The number of benzene rings is 1. The molecule has 5 nitrogen and oxygen atoms in total. The summed E-state index contributed by atoms with van der Waals surface area (Å²) in [4.78, 5) is 0. The molecule has 1 N–H and O–H groups in total. The second-order valence-electron chi connectivity index (χ2n) is 5.29.